The van der Waals surface area contributed by atoms with E-state index in [0.29, 0.717) is 6.07 Å². The van der Waals surface area contributed by atoms with Gasteiger partial charge in [0.1, 0.15) is 23.8 Å². The summed E-state index contributed by atoms with van der Waals surface area (Å²) in [4.78, 5) is 11.6. The molecule has 1 aromatic rings. The van der Waals surface area contributed by atoms with Gasteiger partial charge in [0.2, 0.25) is 0 Å². The normalized spacial score (nSPS) is 15.4. The quantitative estimate of drug-likeness (QED) is 0.241. The highest BCUT2D eigenvalue weighted by atomic mass is 79.9. The molecule has 1 rings (SSSR count). The van der Waals surface area contributed by atoms with Crippen LogP contribution in [-0.4, -0.2) is 49.6 Å². The average molecular weight is 549 g/mol. The minimum Gasteiger partial charge on any atom is -0.464 e. The number of esters is 1. The zero-order valence-electron chi connectivity index (χ0n) is 19.1. The summed E-state index contributed by atoms with van der Waals surface area (Å²) in [5, 5.41) is 0. The van der Waals surface area contributed by atoms with Crippen molar-refractivity contribution in [3.63, 3.8) is 0 Å². The van der Waals surface area contributed by atoms with Gasteiger partial charge in [-0.05, 0) is 70.5 Å². The van der Waals surface area contributed by atoms with Gasteiger partial charge in [-0.1, -0.05) is 0 Å². The summed E-state index contributed by atoms with van der Waals surface area (Å²) in [5.74, 6) is -8.48. The Morgan fingerprint density at radius 1 is 1.03 bits per heavy atom. The Kier molecular flexibility index (Phi) is 8.63. The molecular formula is C21H29BrF4O5S. The number of carbonyl (C=O) groups is 1. The smallest absolute Gasteiger partial charge is 0.332 e. The molecule has 0 saturated carbocycles. The molecule has 0 aliphatic heterocycles. The predicted octanol–water partition coefficient (Wildman–Crippen LogP) is 5.19. The van der Waals surface area contributed by atoms with E-state index in [1.807, 2.05) is 0 Å². The van der Waals surface area contributed by atoms with Gasteiger partial charge in [0.15, 0.2) is 9.84 Å². The first-order valence-corrected chi connectivity index (χ1v) is 12.2. The summed E-state index contributed by atoms with van der Waals surface area (Å²) in [7, 11) is -4.23. The highest BCUT2D eigenvalue weighted by molar-refractivity contribution is 9.10. The van der Waals surface area contributed by atoms with E-state index in [9.17, 15) is 22.0 Å². The van der Waals surface area contributed by atoms with Crippen LogP contribution in [0, 0.1) is 11.6 Å². The van der Waals surface area contributed by atoms with Crippen LogP contribution in [0.5, 0.6) is 0 Å². The van der Waals surface area contributed by atoms with E-state index in [1.165, 1.54) is 27.7 Å². The van der Waals surface area contributed by atoms with Crippen molar-refractivity contribution in [2.45, 2.75) is 70.2 Å². The SMILES string of the molecule is CCOC(=O)COC(C)(C)C(F)(F)[C@](C)(CS(=O)(=O)C(C)(C)C)c1cc(Br)c(F)cc1F. The molecule has 0 N–H and O–H groups in total. The van der Waals surface area contributed by atoms with Gasteiger partial charge in [-0.15, -0.1) is 0 Å². The Balaban J connectivity index is 3.72. The third kappa shape index (κ3) is 5.64. The van der Waals surface area contributed by atoms with Crippen LogP contribution in [0.3, 0.4) is 0 Å². The Bertz CT molecular complexity index is 958. The van der Waals surface area contributed by atoms with Gasteiger partial charge >= 0.3 is 5.97 Å². The zero-order chi connectivity index (χ0) is 25.3. The number of carbonyl (C=O) groups excluding carboxylic acids is 1. The number of ether oxygens (including phenoxy) is 2. The van der Waals surface area contributed by atoms with Crippen LogP contribution >= 0.6 is 15.9 Å². The third-order valence-electron chi connectivity index (χ3n) is 5.32. The lowest BCUT2D eigenvalue weighted by atomic mass is 9.72. The maximum absolute atomic E-state index is 16.1. The van der Waals surface area contributed by atoms with Crippen LogP contribution in [0.25, 0.3) is 0 Å². The minimum atomic E-state index is -4.23. The molecular weight excluding hydrogens is 520 g/mol. The molecule has 0 saturated heterocycles. The lowest BCUT2D eigenvalue weighted by Gasteiger charge is -2.46. The van der Waals surface area contributed by atoms with Crippen molar-refractivity contribution in [3.05, 3.63) is 33.8 Å². The summed E-state index contributed by atoms with van der Waals surface area (Å²) < 4.78 is 94.8. The van der Waals surface area contributed by atoms with Gasteiger partial charge in [-0.2, -0.15) is 0 Å². The van der Waals surface area contributed by atoms with Crippen LogP contribution in [0.4, 0.5) is 17.6 Å². The fourth-order valence-electron chi connectivity index (χ4n) is 3.08. The predicted molar refractivity (Wildman–Crippen MR) is 117 cm³/mol. The van der Waals surface area contributed by atoms with Crippen molar-refractivity contribution >= 4 is 31.7 Å². The molecule has 0 spiro atoms. The van der Waals surface area contributed by atoms with Crippen molar-refractivity contribution in [1.82, 2.24) is 0 Å². The topological polar surface area (TPSA) is 69.7 Å². The number of hydrogen-bond acceptors (Lipinski definition) is 5. The first-order valence-electron chi connectivity index (χ1n) is 9.78. The summed E-state index contributed by atoms with van der Waals surface area (Å²) >= 11 is 2.85. The molecule has 1 atom stereocenters. The largest absolute Gasteiger partial charge is 0.464 e. The van der Waals surface area contributed by atoms with E-state index < -0.39 is 67.0 Å². The van der Waals surface area contributed by atoms with Crippen LogP contribution in [-0.2, 0) is 29.5 Å². The molecule has 0 fully saturated rings. The molecule has 0 amide bonds. The van der Waals surface area contributed by atoms with Gasteiger partial charge in [0.25, 0.3) is 5.92 Å². The van der Waals surface area contributed by atoms with E-state index in [-0.39, 0.29) is 11.1 Å². The lowest BCUT2D eigenvalue weighted by Crippen LogP contribution is -2.61. The summed E-state index contributed by atoms with van der Waals surface area (Å²) in [6.45, 7) is 7.52. The molecule has 0 heterocycles. The van der Waals surface area contributed by atoms with Gasteiger partial charge < -0.3 is 9.47 Å². The van der Waals surface area contributed by atoms with Crippen molar-refractivity contribution in [3.8, 4) is 0 Å². The van der Waals surface area contributed by atoms with Crippen LogP contribution in [0.1, 0.15) is 54.0 Å². The van der Waals surface area contributed by atoms with E-state index in [4.69, 9.17) is 4.74 Å². The number of halogens is 5. The van der Waals surface area contributed by atoms with Crippen molar-refractivity contribution in [1.29, 1.82) is 0 Å². The van der Waals surface area contributed by atoms with Crippen molar-refractivity contribution in [2.75, 3.05) is 19.0 Å². The summed E-state index contributed by atoms with van der Waals surface area (Å²) in [6.07, 6.45) is 0. The molecule has 184 valence electrons. The first kappa shape index (κ1) is 28.8. The monoisotopic (exact) mass is 548 g/mol. The average Bonchev–Trinajstić information content (AvgIpc) is 2.61. The summed E-state index contributed by atoms with van der Waals surface area (Å²) in [6, 6.07) is 1.21. The maximum Gasteiger partial charge on any atom is 0.332 e. The number of benzene rings is 1. The van der Waals surface area contributed by atoms with Crippen molar-refractivity contribution < 1.29 is 40.2 Å². The Morgan fingerprint density at radius 3 is 2.03 bits per heavy atom. The number of rotatable bonds is 9. The Hall–Kier alpha value is -1.20. The zero-order valence-corrected chi connectivity index (χ0v) is 21.5. The molecule has 0 aliphatic carbocycles. The van der Waals surface area contributed by atoms with Gasteiger partial charge in [-0.3, -0.25) is 0 Å². The molecule has 1 aromatic carbocycles. The fourth-order valence-corrected chi connectivity index (χ4v) is 4.95. The third-order valence-corrected chi connectivity index (χ3v) is 8.75. The second kappa shape index (κ2) is 9.58. The van der Waals surface area contributed by atoms with E-state index in [0.717, 1.165) is 26.8 Å². The van der Waals surface area contributed by atoms with Gasteiger partial charge in [0, 0.05) is 11.6 Å². The Labute approximate surface area is 194 Å². The standard InChI is InChI=1S/C21H29BrF4O5S/c1-8-30-17(27)11-31-19(5,6)21(25,26)20(7,12-32(28,29)18(2,3)4)13-9-14(22)16(24)10-15(13)23/h9-10H,8,11-12H2,1-7H3/t20-/m1/s1. The molecule has 0 radical (unpaired) electrons. The van der Waals surface area contributed by atoms with Crippen molar-refractivity contribution in [2.24, 2.45) is 0 Å². The first-order chi connectivity index (χ1) is 14.2. The number of sulfone groups is 1. The molecule has 0 unspecified atom stereocenters. The highest BCUT2D eigenvalue weighted by Crippen LogP contribution is 2.50. The number of hydrogen-bond donors (Lipinski definition) is 0. The van der Waals surface area contributed by atoms with Crippen LogP contribution in [0.2, 0.25) is 0 Å². The molecule has 32 heavy (non-hydrogen) atoms. The summed E-state index contributed by atoms with van der Waals surface area (Å²) in [5.41, 5.74) is -5.84. The van der Waals surface area contributed by atoms with E-state index in [1.54, 1.807) is 0 Å². The second-order valence-corrected chi connectivity index (χ2v) is 12.7. The molecule has 11 heteroatoms. The molecule has 0 bridgehead atoms. The Morgan fingerprint density at radius 2 is 1.56 bits per heavy atom. The van der Waals surface area contributed by atoms with Gasteiger partial charge in [0.05, 0.1) is 27.0 Å². The molecule has 0 aromatic heterocycles. The van der Waals surface area contributed by atoms with Crippen LogP contribution in [0.15, 0.2) is 16.6 Å². The van der Waals surface area contributed by atoms with E-state index >= 15 is 8.78 Å². The minimum absolute atomic E-state index is 0.00930. The maximum atomic E-state index is 16.1. The lowest BCUT2D eigenvalue weighted by molar-refractivity contribution is -0.225. The fraction of sp³-hybridized carbons (Fsp3) is 0.667. The molecule has 0 aliphatic rings. The number of alkyl halides is 2. The second-order valence-electron chi connectivity index (χ2n) is 9.13. The van der Waals surface area contributed by atoms with Crippen LogP contribution < -0.4 is 0 Å². The van der Waals surface area contributed by atoms with Gasteiger partial charge in [-0.25, -0.2) is 30.8 Å². The molecule has 5 nitrogen and oxygen atoms in total. The highest BCUT2D eigenvalue weighted by Gasteiger charge is 2.64. The van der Waals surface area contributed by atoms with E-state index in [2.05, 4.69) is 20.7 Å².